The average Bonchev–Trinajstić information content (AvgIpc) is 2.25. The van der Waals surface area contributed by atoms with Crippen molar-refractivity contribution in [2.45, 2.75) is 19.3 Å². The Morgan fingerprint density at radius 1 is 1.18 bits per heavy atom. The molecule has 0 aromatic rings. The number of carbonyl (C=O) groups excluding carboxylic acids is 2. The summed E-state index contributed by atoms with van der Waals surface area (Å²) < 4.78 is 9.85. The number of hydrogen-bond donors (Lipinski definition) is 0. The van der Waals surface area contributed by atoms with Gasteiger partial charge in [-0.15, -0.1) is 0 Å². The van der Waals surface area contributed by atoms with Gasteiger partial charge in [-0.2, -0.15) is 0 Å². The van der Waals surface area contributed by atoms with Crippen LogP contribution < -0.4 is 0 Å². The molecule has 1 unspecified atom stereocenters. The summed E-state index contributed by atoms with van der Waals surface area (Å²) in [5.41, 5.74) is 0. The van der Waals surface area contributed by atoms with Crippen LogP contribution in [0.1, 0.15) is 19.3 Å². The first kappa shape index (κ1) is 13.5. The van der Waals surface area contributed by atoms with Crippen LogP contribution >= 0.6 is 0 Å². The lowest BCUT2D eigenvalue weighted by molar-refractivity contribution is -0.146. The second kappa shape index (κ2) is 7.65. The fraction of sp³-hybridized carbons (Fsp3) is 0.462. The Balaban J connectivity index is 1.87. The van der Waals surface area contributed by atoms with Crippen LogP contribution in [-0.4, -0.2) is 25.2 Å². The van der Waals surface area contributed by atoms with Gasteiger partial charge >= 0.3 is 11.9 Å². The van der Waals surface area contributed by atoms with Gasteiger partial charge in [-0.1, -0.05) is 18.7 Å². The molecule has 17 heavy (non-hydrogen) atoms. The maximum Gasteiger partial charge on any atom is 0.330 e. The van der Waals surface area contributed by atoms with Gasteiger partial charge in [-0.3, -0.25) is 4.79 Å². The van der Waals surface area contributed by atoms with Crippen molar-refractivity contribution < 1.29 is 19.1 Å². The number of hydrogen-bond acceptors (Lipinski definition) is 4. The van der Waals surface area contributed by atoms with Crippen molar-refractivity contribution in [2.75, 3.05) is 13.2 Å². The predicted molar refractivity (Wildman–Crippen MR) is 62.9 cm³/mol. The molecule has 1 rings (SSSR count). The minimum absolute atomic E-state index is 0.149. The van der Waals surface area contributed by atoms with Gasteiger partial charge in [0.15, 0.2) is 0 Å². The van der Waals surface area contributed by atoms with Crippen molar-refractivity contribution in [1.82, 2.24) is 0 Å². The van der Waals surface area contributed by atoms with E-state index in [1.807, 2.05) is 6.08 Å². The smallest absolute Gasteiger partial charge is 0.330 e. The van der Waals surface area contributed by atoms with Crippen LogP contribution in [0.2, 0.25) is 0 Å². The van der Waals surface area contributed by atoms with Gasteiger partial charge in [0.05, 0.1) is 19.1 Å². The molecule has 0 bridgehead atoms. The Labute approximate surface area is 101 Å². The predicted octanol–water partition coefficient (Wildman–Crippen LogP) is 1.82. The lowest BCUT2D eigenvalue weighted by atomic mass is 9.96. The van der Waals surface area contributed by atoms with E-state index in [0.29, 0.717) is 13.2 Å². The summed E-state index contributed by atoms with van der Waals surface area (Å²) in [6.45, 7) is 4.11. The van der Waals surface area contributed by atoms with E-state index in [9.17, 15) is 9.59 Å². The number of allylic oxidation sites excluding steroid dienone is 1. The number of carbonyl (C=O) groups is 2. The molecule has 0 saturated heterocycles. The molecule has 0 amide bonds. The molecule has 1 radical (unpaired) electrons. The first-order chi connectivity index (χ1) is 8.24. The van der Waals surface area contributed by atoms with Crippen LogP contribution in [0.25, 0.3) is 0 Å². The number of unbranched alkanes of at least 4 members (excludes halogenated alkanes) is 2. The SMILES string of the molecule is C=CC(=O)OCCCCCOC(=O)C1[CH]C=C1. The minimum atomic E-state index is -0.399. The molecular weight excluding hydrogens is 220 g/mol. The standard InChI is InChI=1S/C13H17O4/c1-2-12(14)16-9-4-3-5-10-17-13(15)11-7-6-8-11/h2,6-8,11H,1,3-5,9-10H2. The van der Waals surface area contributed by atoms with E-state index >= 15 is 0 Å². The number of esters is 2. The lowest BCUT2D eigenvalue weighted by Gasteiger charge is -2.15. The maximum absolute atomic E-state index is 11.3. The summed E-state index contributed by atoms with van der Waals surface area (Å²) in [7, 11) is 0. The van der Waals surface area contributed by atoms with Crippen molar-refractivity contribution in [2.24, 2.45) is 5.92 Å². The summed E-state index contributed by atoms with van der Waals surface area (Å²) in [6, 6.07) is 0. The molecule has 0 aliphatic heterocycles. The molecule has 1 aliphatic carbocycles. The van der Waals surface area contributed by atoms with Crippen LogP contribution in [0.5, 0.6) is 0 Å². The van der Waals surface area contributed by atoms with Crippen LogP contribution in [-0.2, 0) is 19.1 Å². The first-order valence-electron chi connectivity index (χ1n) is 5.71. The quantitative estimate of drug-likeness (QED) is 0.367. The molecule has 0 aromatic heterocycles. The van der Waals surface area contributed by atoms with Crippen molar-refractivity contribution in [3.05, 3.63) is 31.2 Å². The van der Waals surface area contributed by atoms with E-state index in [1.54, 1.807) is 12.5 Å². The Bertz CT molecular complexity index is 307. The normalized spacial score (nSPS) is 17.1. The zero-order valence-corrected chi connectivity index (χ0v) is 9.76. The largest absolute Gasteiger partial charge is 0.465 e. The van der Waals surface area contributed by atoms with Crippen molar-refractivity contribution in [3.63, 3.8) is 0 Å². The highest BCUT2D eigenvalue weighted by Gasteiger charge is 2.20. The maximum atomic E-state index is 11.3. The molecule has 4 nitrogen and oxygen atoms in total. The molecule has 1 aliphatic rings. The second-order valence-corrected chi connectivity index (χ2v) is 3.70. The number of ether oxygens (including phenoxy) is 2. The molecule has 0 fully saturated rings. The molecule has 0 N–H and O–H groups in total. The average molecular weight is 237 g/mol. The van der Waals surface area contributed by atoms with Gasteiger partial charge in [-0.25, -0.2) is 4.79 Å². The van der Waals surface area contributed by atoms with Crippen LogP contribution in [0.3, 0.4) is 0 Å². The highest BCUT2D eigenvalue weighted by Crippen LogP contribution is 2.16. The summed E-state index contributed by atoms with van der Waals surface area (Å²) in [5, 5.41) is 0. The Morgan fingerprint density at radius 3 is 2.35 bits per heavy atom. The van der Waals surface area contributed by atoms with Gasteiger partial charge in [-0.05, 0) is 19.3 Å². The molecule has 0 heterocycles. The molecule has 0 spiro atoms. The highest BCUT2D eigenvalue weighted by molar-refractivity contribution is 5.81. The fourth-order valence-electron chi connectivity index (χ4n) is 1.26. The van der Waals surface area contributed by atoms with E-state index in [4.69, 9.17) is 9.47 Å². The second-order valence-electron chi connectivity index (χ2n) is 3.70. The topological polar surface area (TPSA) is 52.6 Å². The molecule has 4 heteroatoms. The van der Waals surface area contributed by atoms with E-state index in [2.05, 4.69) is 6.58 Å². The molecule has 93 valence electrons. The summed E-state index contributed by atoms with van der Waals surface area (Å²) >= 11 is 0. The molecule has 0 saturated carbocycles. The zero-order valence-electron chi connectivity index (χ0n) is 9.76. The van der Waals surface area contributed by atoms with Crippen molar-refractivity contribution >= 4 is 11.9 Å². The summed E-state index contributed by atoms with van der Waals surface area (Å²) in [5.74, 6) is -0.738. The van der Waals surface area contributed by atoms with E-state index in [-0.39, 0.29) is 11.9 Å². The summed E-state index contributed by atoms with van der Waals surface area (Å²) in [6.07, 6.45) is 9.00. The fourth-order valence-corrected chi connectivity index (χ4v) is 1.26. The highest BCUT2D eigenvalue weighted by atomic mass is 16.5. The Morgan fingerprint density at radius 2 is 1.82 bits per heavy atom. The third kappa shape index (κ3) is 5.33. The van der Waals surface area contributed by atoms with Crippen LogP contribution in [0.4, 0.5) is 0 Å². The van der Waals surface area contributed by atoms with E-state index in [0.717, 1.165) is 25.3 Å². The van der Waals surface area contributed by atoms with Gasteiger partial charge in [0.2, 0.25) is 0 Å². The van der Waals surface area contributed by atoms with Gasteiger partial charge in [0.1, 0.15) is 0 Å². The van der Waals surface area contributed by atoms with Gasteiger partial charge in [0, 0.05) is 12.5 Å². The third-order valence-electron chi connectivity index (χ3n) is 2.35. The van der Waals surface area contributed by atoms with Crippen molar-refractivity contribution in [1.29, 1.82) is 0 Å². The lowest BCUT2D eigenvalue weighted by Crippen LogP contribution is -2.20. The summed E-state index contributed by atoms with van der Waals surface area (Å²) in [4.78, 5) is 21.9. The third-order valence-corrected chi connectivity index (χ3v) is 2.35. The van der Waals surface area contributed by atoms with E-state index in [1.165, 1.54) is 0 Å². The van der Waals surface area contributed by atoms with Crippen LogP contribution in [0, 0.1) is 12.3 Å². The van der Waals surface area contributed by atoms with Crippen LogP contribution in [0.15, 0.2) is 24.8 Å². The molecule has 0 aromatic carbocycles. The number of rotatable bonds is 8. The Kier molecular flexibility index (Phi) is 6.07. The molecule has 1 atom stereocenters. The van der Waals surface area contributed by atoms with Gasteiger partial charge in [0.25, 0.3) is 0 Å². The Hall–Kier alpha value is -1.58. The monoisotopic (exact) mass is 237 g/mol. The minimum Gasteiger partial charge on any atom is -0.465 e. The first-order valence-corrected chi connectivity index (χ1v) is 5.71. The van der Waals surface area contributed by atoms with E-state index < -0.39 is 5.97 Å². The van der Waals surface area contributed by atoms with Gasteiger partial charge < -0.3 is 9.47 Å². The zero-order chi connectivity index (χ0) is 12.5. The molecular formula is C13H17O4. The van der Waals surface area contributed by atoms with Crippen molar-refractivity contribution in [3.8, 4) is 0 Å².